The van der Waals surface area contributed by atoms with Gasteiger partial charge in [-0.1, -0.05) is 161 Å². The fourth-order valence-corrected chi connectivity index (χ4v) is 7.37. The minimum absolute atomic E-state index is 0.0591. The van der Waals surface area contributed by atoms with Gasteiger partial charge < -0.3 is 14.7 Å². The van der Waals surface area contributed by atoms with Gasteiger partial charge in [-0.25, -0.2) is 0 Å². The molecule has 0 amide bonds. The van der Waals surface area contributed by atoms with Gasteiger partial charge in [0.05, 0.1) is 12.5 Å². The van der Waals surface area contributed by atoms with Crippen molar-refractivity contribution in [2.45, 2.75) is 213 Å². The van der Waals surface area contributed by atoms with Gasteiger partial charge >= 0.3 is 5.97 Å². The van der Waals surface area contributed by atoms with Gasteiger partial charge in [0.25, 0.3) is 0 Å². The van der Waals surface area contributed by atoms with E-state index in [1.54, 1.807) is 11.8 Å². The van der Waals surface area contributed by atoms with E-state index in [1.807, 2.05) is 0 Å². The second-order valence-electron chi connectivity index (χ2n) is 14.5. The number of thioether (sulfide) groups is 1. The Balaban J connectivity index is 4.09. The third-order valence-corrected chi connectivity index (χ3v) is 10.8. The van der Waals surface area contributed by atoms with Crippen molar-refractivity contribution in [3.8, 4) is 0 Å². The van der Waals surface area contributed by atoms with Crippen molar-refractivity contribution >= 4 is 22.8 Å². The Morgan fingerprint density at radius 3 is 1.54 bits per heavy atom. The lowest BCUT2D eigenvalue weighted by Gasteiger charge is -2.22. The maximum atomic E-state index is 12.9. The van der Waals surface area contributed by atoms with Gasteiger partial charge in [-0.15, -0.1) is 0 Å². The number of carbonyl (C=O) groups is 2. The van der Waals surface area contributed by atoms with E-state index in [2.05, 4.69) is 25.7 Å². The van der Waals surface area contributed by atoms with E-state index in [-0.39, 0.29) is 18.5 Å². The number of hydrogen-bond acceptors (Lipinski definition) is 6. The first-order valence-electron chi connectivity index (χ1n) is 21.2. The summed E-state index contributed by atoms with van der Waals surface area (Å²) in [5.41, 5.74) is 0. The van der Waals surface area contributed by atoms with Crippen molar-refractivity contribution < 1.29 is 19.4 Å². The van der Waals surface area contributed by atoms with E-state index < -0.39 is 0 Å². The highest BCUT2D eigenvalue weighted by atomic mass is 32.2. The summed E-state index contributed by atoms with van der Waals surface area (Å²) in [6, 6.07) is 0. The van der Waals surface area contributed by atoms with Crippen molar-refractivity contribution in [1.29, 1.82) is 0 Å². The van der Waals surface area contributed by atoms with E-state index in [0.717, 1.165) is 96.0 Å². The lowest BCUT2D eigenvalue weighted by Crippen LogP contribution is -2.27. The molecule has 0 fully saturated rings. The average Bonchev–Trinajstić information content (AvgIpc) is 3.09. The van der Waals surface area contributed by atoms with Crippen LogP contribution in [-0.2, 0) is 14.3 Å². The molecule has 0 aromatic carbocycles. The van der Waals surface area contributed by atoms with Gasteiger partial charge in [0.15, 0.2) is 5.12 Å². The van der Waals surface area contributed by atoms with Crippen molar-refractivity contribution in [2.24, 2.45) is 5.92 Å². The van der Waals surface area contributed by atoms with E-state index in [0.29, 0.717) is 11.7 Å². The molecule has 0 heterocycles. The Labute approximate surface area is 304 Å². The van der Waals surface area contributed by atoms with Gasteiger partial charge in [-0.3, -0.25) is 9.59 Å². The zero-order valence-corrected chi connectivity index (χ0v) is 33.4. The third kappa shape index (κ3) is 33.9. The predicted octanol–water partition coefficient (Wildman–Crippen LogP) is 12.5. The fraction of sp³-hybridized carbons (Fsp3) is 0.952. The molecule has 0 saturated carbocycles. The molecule has 0 saturated heterocycles. The molecule has 0 aromatic heterocycles. The Kier molecular flexibility index (Phi) is 38.7. The summed E-state index contributed by atoms with van der Waals surface area (Å²) >= 11 is 1.56. The molecule has 1 atom stereocenters. The average molecular weight is 698 g/mol. The standard InChI is InChI=1S/C42H83NO4S/c1-4-7-10-13-15-17-24-33-41(45)48-39-30-21-19-26-35-43(36-27-28-37-44)34-25-18-20-29-38-47-42(46)40(31-22-12-9-6-3)32-23-16-14-11-8-5-2/h40,44H,4-39H2,1-3H3. The first-order valence-corrected chi connectivity index (χ1v) is 22.2. The van der Waals surface area contributed by atoms with E-state index in [1.165, 1.54) is 122 Å². The van der Waals surface area contributed by atoms with Crippen LogP contribution >= 0.6 is 11.8 Å². The normalized spacial score (nSPS) is 12.2. The van der Waals surface area contributed by atoms with Gasteiger partial charge in [0.1, 0.15) is 0 Å². The number of carbonyl (C=O) groups excluding carboxylic acids is 2. The molecule has 1 unspecified atom stereocenters. The lowest BCUT2D eigenvalue weighted by atomic mass is 9.94. The number of rotatable bonds is 39. The number of esters is 1. The second kappa shape index (κ2) is 39.2. The summed E-state index contributed by atoms with van der Waals surface area (Å²) in [4.78, 5) is 27.7. The van der Waals surface area contributed by atoms with E-state index in [9.17, 15) is 14.7 Å². The first kappa shape index (κ1) is 47.4. The number of ether oxygens (including phenoxy) is 1. The van der Waals surface area contributed by atoms with Gasteiger partial charge in [-0.05, 0) is 77.4 Å². The number of aliphatic hydroxyl groups is 1. The summed E-state index contributed by atoms with van der Waals surface area (Å²) in [5.74, 6) is 1.13. The van der Waals surface area contributed by atoms with Crippen LogP contribution in [0.2, 0.25) is 0 Å². The summed E-state index contributed by atoms with van der Waals surface area (Å²) < 4.78 is 5.80. The molecule has 6 heteroatoms. The largest absolute Gasteiger partial charge is 0.465 e. The number of hydrogen-bond donors (Lipinski definition) is 1. The van der Waals surface area contributed by atoms with Crippen molar-refractivity contribution in [3.05, 3.63) is 0 Å². The smallest absolute Gasteiger partial charge is 0.308 e. The second-order valence-corrected chi connectivity index (χ2v) is 15.6. The number of nitrogens with zero attached hydrogens (tertiary/aromatic N) is 1. The molecule has 48 heavy (non-hydrogen) atoms. The molecule has 5 nitrogen and oxygen atoms in total. The first-order chi connectivity index (χ1) is 23.6. The maximum Gasteiger partial charge on any atom is 0.308 e. The number of unbranched alkanes of at least 4 members (excludes halogenated alkanes) is 21. The van der Waals surface area contributed by atoms with E-state index in [4.69, 9.17) is 4.74 Å². The molecule has 0 radical (unpaired) electrons. The van der Waals surface area contributed by atoms with Crippen LogP contribution in [0.5, 0.6) is 0 Å². The Morgan fingerprint density at radius 1 is 0.542 bits per heavy atom. The van der Waals surface area contributed by atoms with Gasteiger partial charge in [0, 0.05) is 18.8 Å². The minimum Gasteiger partial charge on any atom is -0.465 e. The van der Waals surface area contributed by atoms with Gasteiger partial charge in [-0.2, -0.15) is 0 Å². The van der Waals surface area contributed by atoms with Crippen LogP contribution in [-0.4, -0.2) is 59.7 Å². The molecule has 0 bridgehead atoms. The Bertz CT molecular complexity index is 676. The zero-order valence-electron chi connectivity index (χ0n) is 32.6. The lowest BCUT2D eigenvalue weighted by molar-refractivity contribution is -0.149. The predicted molar refractivity (Wildman–Crippen MR) is 211 cm³/mol. The van der Waals surface area contributed by atoms with Crippen molar-refractivity contribution in [2.75, 3.05) is 38.6 Å². The van der Waals surface area contributed by atoms with Crippen LogP contribution in [0.15, 0.2) is 0 Å². The molecular weight excluding hydrogens is 615 g/mol. The highest BCUT2D eigenvalue weighted by molar-refractivity contribution is 8.13. The SMILES string of the molecule is CCCCCCCCCC(=O)SCCCCCCN(CCCCO)CCCCCCOC(=O)C(CCCCCC)CCCCCCCC. The van der Waals surface area contributed by atoms with Crippen LogP contribution in [0.1, 0.15) is 213 Å². The van der Waals surface area contributed by atoms with Crippen LogP contribution in [0.4, 0.5) is 0 Å². The topological polar surface area (TPSA) is 66.8 Å². The maximum absolute atomic E-state index is 12.9. The molecule has 0 aliphatic heterocycles. The highest BCUT2D eigenvalue weighted by Crippen LogP contribution is 2.21. The fourth-order valence-electron chi connectivity index (χ4n) is 6.51. The zero-order chi connectivity index (χ0) is 35.2. The molecular formula is C42H83NO4S. The van der Waals surface area contributed by atoms with Crippen LogP contribution in [0.25, 0.3) is 0 Å². The minimum atomic E-state index is 0.0591. The summed E-state index contributed by atoms with van der Waals surface area (Å²) in [6.07, 6.45) is 35.3. The molecule has 0 spiro atoms. The summed E-state index contributed by atoms with van der Waals surface area (Å²) in [5, 5.41) is 9.64. The van der Waals surface area contributed by atoms with Crippen LogP contribution < -0.4 is 0 Å². The summed E-state index contributed by atoms with van der Waals surface area (Å²) in [6.45, 7) is 10.9. The monoisotopic (exact) mass is 698 g/mol. The van der Waals surface area contributed by atoms with E-state index >= 15 is 0 Å². The van der Waals surface area contributed by atoms with Crippen LogP contribution in [0.3, 0.4) is 0 Å². The summed E-state index contributed by atoms with van der Waals surface area (Å²) in [7, 11) is 0. The number of aliphatic hydroxyl groups excluding tert-OH is 1. The Hall–Kier alpha value is -0.590. The quantitative estimate of drug-likeness (QED) is 0.0509. The molecule has 0 rings (SSSR count). The third-order valence-electron chi connectivity index (χ3n) is 9.76. The van der Waals surface area contributed by atoms with Gasteiger partial charge in [0.2, 0.25) is 0 Å². The highest BCUT2D eigenvalue weighted by Gasteiger charge is 2.19. The molecule has 286 valence electrons. The van der Waals surface area contributed by atoms with Crippen LogP contribution in [0, 0.1) is 5.92 Å². The molecule has 0 aliphatic rings. The molecule has 1 N–H and O–H groups in total. The van der Waals surface area contributed by atoms with Crippen molar-refractivity contribution in [3.63, 3.8) is 0 Å². The van der Waals surface area contributed by atoms with Crippen molar-refractivity contribution in [1.82, 2.24) is 4.90 Å². The Morgan fingerprint density at radius 2 is 0.979 bits per heavy atom. The molecule has 0 aromatic rings. The molecule has 0 aliphatic carbocycles.